The molecule has 86 heavy (non-hydrogen) atoms. The maximum Gasteiger partial charge on any atom is 0.472 e. The SMILES string of the molecule is CCCCCCCCCCCCC(=O)OC[C@H](COP(=O)(O)OC[C@@H](O)COP(=O)(O)OC[C@@H](COC(=O)CCCCCCC)OC(=O)CCCCCCCCC(C)C)OC(=O)CCCCCCCCCCCCCCCCCCCCC(C)CC. The summed E-state index contributed by atoms with van der Waals surface area (Å²) in [7, 11) is -9.88. The Morgan fingerprint density at radius 3 is 0.884 bits per heavy atom. The number of carbonyl (C=O) groups excluding carboxylic acids is 4. The van der Waals surface area contributed by atoms with Crippen LogP contribution < -0.4 is 0 Å². The van der Waals surface area contributed by atoms with Crippen molar-refractivity contribution in [1.82, 2.24) is 0 Å². The number of unbranched alkanes of at least 4 members (excludes halogenated alkanes) is 35. The van der Waals surface area contributed by atoms with Crippen molar-refractivity contribution < 1.29 is 80.2 Å². The molecule has 0 spiro atoms. The molecule has 0 aliphatic carbocycles. The van der Waals surface area contributed by atoms with E-state index >= 15 is 0 Å². The van der Waals surface area contributed by atoms with Gasteiger partial charge in [-0.05, 0) is 37.5 Å². The first-order valence-corrected chi connectivity index (χ1v) is 38.0. The normalized spacial score (nSPS) is 14.5. The predicted molar refractivity (Wildman–Crippen MR) is 345 cm³/mol. The van der Waals surface area contributed by atoms with Gasteiger partial charge in [0.15, 0.2) is 12.2 Å². The second kappa shape index (κ2) is 59.4. The Morgan fingerprint density at radius 2 is 0.593 bits per heavy atom. The van der Waals surface area contributed by atoms with Crippen LogP contribution in [0.15, 0.2) is 0 Å². The lowest BCUT2D eigenvalue weighted by atomic mass is 9.99. The Balaban J connectivity index is 5.05. The van der Waals surface area contributed by atoms with Gasteiger partial charge in [0.05, 0.1) is 26.4 Å². The highest BCUT2D eigenvalue weighted by Gasteiger charge is 2.30. The van der Waals surface area contributed by atoms with Gasteiger partial charge in [-0.3, -0.25) is 37.3 Å². The summed E-state index contributed by atoms with van der Waals surface area (Å²) in [6.45, 7) is 9.39. The van der Waals surface area contributed by atoms with Crippen molar-refractivity contribution in [3.05, 3.63) is 0 Å². The Morgan fingerprint density at radius 1 is 0.337 bits per heavy atom. The van der Waals surface area contributed by atoms with Crippen LogP contribution in [0, 0.1) is 11.8 Å². The van der Waals surface area contributed by atoms with Crippen molar-refractivity contribution in [1.29, 1.82) is 0 Å². The molecule has 0 aromatic rings. The van der Waals surface area contributed by atoms with E-state index in [0.29, 0.717) is 31.6 Å². The molecule has 0 saturated heterocycles. The summed E-state index contributed by atoms with van der Waals surface area (Å²) in [4.78, 5) is 72.0. The predicted octanol–water partition coefficient (Wildman–Crippen LogP) is 18.8. The molecule has 0 aromatic heterocycles. The molecule has 0 rings (SSSR count). The second-order valence-corrected chi connectivity index (χ2v) is 27.8. The minimum Gasteiger partial charge on any atom is -0.462 e. The topological polar surface area (TPSA) is 237 Å². The molecule has 0 amide bonds. The molecule has 510 valence electrons. The summed E-state index contributed by atoms with van der Waals surface area (Å²) in [5.74, 6) is -0.605. The monoisotopic (exact) mass is 1270 g/mol. The van der Waals surface area contributed by atoms with Crippen molar-refractivity contribution in [2.24, 2.45) is 11.8 Å². The molecule has 6 atom stereocenters. The summed E-state index contributed by atoms with van der Waals surface area (Å²) >= 11 is 0. The van der Waals surface area contributed by atoms with E-state index < -0.39 is 97.5 Å². The summed E-state index contributed by atoms with van der Waals surface area (Å²) in [5.41, 5.74) is 0. The van der Waals surface area contributed by atoms with Gasteiger partial charge in [0.25, 0.3) is 0 Å². The van der Waals surface area contributed by atoms with Gasteiger partial charge in [0.2, 0.25) is 0 Å². The number of phosphoric acid groups is 2. The zero-order valence-corrected chi connectivity index (χ0v) is 57.4. The number of rotatable bonds is 66. The average Bonchev–Trinajstić information content (AvgIpc) is 3.60. The molecule has 0 heterocycles. The molecule has 0 bridgehead atoms. The lowest BCUT2D eigenvalue weighted by molar-refractivity contribution is -0.161. The van der Waals surface area contributed by atoms with Crippen molar-refractivity contribution in [2.75, 3.05) is 39.6 Å². The fourth-order valence-electron chi connectivity index (χ4n) is 10.0. The molecule has 0 aliphatic heterocycles. The summed E-state index contributed by atoms with van der Waals surface area (Å²) in [6, 6.07) is 0. The lowest BCUT2D eigenvalue weighted by Gasteiger charge is -2.21. The van der Waals surface area contributed by atoms with Crippen molar-refractivity contribution >= 4 is 39.5 Å². The van der Waals surface area contributed by atoms with Crippen molar-refractivity contribution in [3.63, 3.8) is 0 Å². The Bertz CT molecular complexity index is 1690. The van der Waals surface area contributed by atoms with Crippen LogP contribution in [-0.4, -0.2) is 96.7 Å². The van der Waals surface area contributed by atoms with Gasteiger partial charge in [-0.25, -0.2) is 9.13 Å². The molecule has 3 N–H and O–H groups in total. The van der Waals surface area contributed by atoms with Crippen LogP contribution in [-0.2, 0) is 65.4 Å². The van der Waals surface area contributed by atoms with E-state index in [1.54, 1.807) is 0 Å². The molecule has 0 aliphatic rings. The van der Waals surface area contributed by atoms with Crippen LogP contribution in [0.3, 0.4) is 0 Å². The third-order valence-corrected chi connectivity index (χ3v) is 17.7. The number of esters is 4. The van der Waals surface area contributed by atoms with Crippen molar-refractivity contribution in [3.8, 4) is 0 Å². The first-order valence-electron chi connectivity index (χ1n) is 35.0. The average molecular weight is 1270 g/mol. The molecule has 3 unspecified atom stereocenters. The van der Waals surface area contributed by atoms with Gasteiger partial charge in [-0.15, -0.1) is 0 Å². The number of ether oxygens (including phenoxy) is 4. The highest BCUT2D eigenvalue weighted by Crippen LogP contribution is 2.45. The van der Waals surface area contributed by atoms with Crippen LogP contribution in [0.25, 0.3) is 0 Å². The molecule has 19 heteroatoms. The largest absolute Gasteiger partial charge is 0.472 e. The molecule has 0 fully saturated rings. The molecular weight excluding hydrogens is 1140 g/mol. The molecular formula is C67H130O17P2. The van der Waals surface area contributed by atoms with Crippen molar-refractivity contribution in [2.45, 2.75) is 355 Å². The molecule has 17 nitrogen and oxygen atoms in total. The van der Waals surface area contributed by atoms with Crippen LogP contribution in [0.1, 0.15) is 337 Å². The Hall–Kier alpha value is -1.94. The van der Waals surface area contributed by atoms with Crippen LogP contribution in [0.2, 0.25) is 0 Å². The van der Waals surface area contributed by atoms with E-state index in [0.717, 1.165) is 102 Å². The molecule has 0 aromatic carbocycles. The quantitative estimate of drug-likeness (QED) is 0.0222. The maximum atomic E-state index is 13.0. The number of phosphoric ester groups is 2. The second-order valence-electron chi connectivity index (χ2n) is 24.9. The van der Waals surface area contributed by atoms with Crippen LogP contribution in [0.5, 0.6) is 0 Å². The third-order valence-electron chi connectivity index (χ3n) is 15.8. The van der Waals surface area contributed by atoms with Crippen LogP contribution >= 0.6 is 15.6 Å². The highest BCUT2D eigenvalue weighted by atomic mass is 31.2. The fraction of sp³-hybridized carbons (Fsp3) is 0.940. The van der Waals surface area contributed by atoms with E-state index in [9.17, 15) is 43.2 Å². The summed E-state index contributed by atoms with van der Waals surface area (Å²) < 4.78 is 67.8. The lowest BCUT2D eigenvalue weighted by Crippen LogP contribution is -2.30. The zero-order chi connectivity index (χ0) is 63.6. The standard InChI is InChI=1S/C67H130O17P2/c1-7-10-12-14-15-16-28-31-38-44-50-65(70)78-56-63(83-66(71)51-45-39-32-29-26-24-22-20-18-17-19-21-23-25-27-30-37-42-48-60(6)9-3)58-82-86(75,76)80-54-61(68)53-79-85(73,74)81-57-62(55-77-64(69)49-43-35-13-11-8-2)84-67(72)52-46-40-34-33-36-41-47-59(4)5/h59-63,68H,7-58H2,1-6H3,(H,73,74)(H,75,76)/t60?,61-,62+,63+/m0/s1. The fourth-order valence-corrected chi connectivity index (χ4v) is 11.6. The number of aliphatic hydroxyl groups is 1. The molecule has 0 radical (unpaired) electrons. The summed E-state index contributed by atoms with van der Waals surface area (Å²) in [6.07, 6.45) is 43.7. The van der Waals surface area contributed by atoms with E-state index in [4.69, 9.17) is 37.0 Å². The first-order chi connectivity index (χ1) is 41.4. The Labute approximate surface area is 524 Å². The number of carbonyl (C=O) groups is 4. The van der Waals surface area contributed by atoms with Gasteiger partial charge in [0.1, 0.15) is 19.3 Å². The number of hydrogen-bond donors (Lipinski definition) is 3. The Kier molecular flexibility index (Phi) is 58.0. The van der Waals surface area contributed by atoms with E-state index in [1.807, 2.05) is 0 Å². The van der Waals surface area contributed by atoms with Gasteiger partial charge < -0.3 is 33.8 Å². The maximum absolute atomic E-state index is 13.0. The van der Waals surface area contributed by atoms with Gasteiger partial charge in [-0.1, -0.05) is 286 Å². The third kappa shape index (κ3) is 59.7. The number of hydrogen-bond acceptors (Lipinski definition) is 15. The van der Waals surface area contributed by atoms with Gasteiger partial charge in [0, 0.05) is 25.7 Å². The van der Waals surface area contributed by atoms with Crippen LogP contribution in [0.4, 0.5) is 0 Å². The van der Waals surface area contributed by atoms with E-state index in [-0.39, 0.29) is 25.7 Å². The highest BCUT2D eigenvalue weighted by molar-refractivity contribution is 7.47. The molecule has 0 saturated carbocycles. The van der Waals surface area contributed by atoms with E-state index in [1.165, 1.54) is 148 Å². The van der Waals surface area contributed by atoms with E-state index in [2.05, 4.69) is 41.5 Å². The number of aliphatic hydroxyl groups excluding tert-OH is 1. The first kappa shape index (κ1) is 84.1. The summed E-state index contributed by atoms with van der Waals surface area (Å²) in [5, 5.41) is 10.5. The minimum absolute atomic E-state index is 0.101. The minimum atomic E-state index is -4.94. The smallest absolute Gasteiger partial charge is 0.462 e. The van der Waals surface area contributed by atoms with Gasteiger partial charge >= 0.3 is 39.5 Å². The zero-order valence-electron chi connectivity index (χ0n) is 55.6. The van der Waals surface area contributed by atoms with Gasteiger partial charge in [-0.2, -0.15) is 0 Å².